The van der Waals surface area contributed by atoms with Crippen molar-refractivity contribution in [2.24, 2.45) is 0 Å². The molecule has 5 heavy (non-hydrogen) atoms. The molecule has 0 aromatic rings. The molecule has 0 fully saturated rings. The molecule has 0 atom stereocenters. The zero-order valence-electron chi connectivity index (χ0n) is 1.91. The second-order valence-electron chi connectivity index (χ2n) is 0.312. The van der Waals surface area contributed by atoms with Gasteiger partial charge in [0.2, 0.25) is 0 Å². The normalized spacial score (nSPS) is 15.2. The van der Waals surface area contributed by atoms with E-state index in [1.54, 1.807) is 0 Å². The van der Waals surface area contributed by atoms with Gasteiger partial charge in [-0.1, -0.05) is 0 Å². The molecule has 0 aromatic heterocycles. The minimum atomic E-state index is -3.58. The molecule has 1 nitrogen and oxygen atoms in total. The molecule has 0 unspecified atom stereocenters. The molecule has 0 saturated heterocycles. The second-order valence-corrected chi connectivity index (χ2v) is 14.7. The molecule has 37 valence electrons. The van der Waals surface area contributed by atoms with Crippen LogP contribution in [0.1, 0.15) is 0 Å². The van der Waals surface area contributed by atoms with Crippen LogP contribution in [0, 0.1) is 0 Å². The molecular formula is HCl3IrO. The fourth-order valence-corrected chi connectivity index (χ4v) is 0. The van der Waals surface area contributed by atoms with Crippen molar-refractivity contribution in [2.45, 2.75) is 0 Å². The van der Waals surface area contributed by atoms with E-state index in [2.05, 4.69) is 0 Å². The molecule has 1 N–H and O–H groups in total. The van der Waals surface area contributed by atoms with Crippen molar-refractivity contribution in [2.75, 3.05) is 0 Å². The summed E-state index contributed by atoms with van der Waals surface area (Å²) >= 11 is -3.58. The summed E-state index contributed by atoms with van der Waals surface area (Å²) in [5.74, 6) is 0. The Labute approximate surface area is 45.2 Å². The number of hydrogen-bond acceptors (Lipinski definition) is 1. The SMILES string of the molecule is [OH][Ir]([Cl])([Cl])[Cl]. The molecule has 0 rings (SSSR count). The Bertz CT molecular complexity index is 22.4. The quantitative estimate of drug-likeness (QED) is 0.718. The molecular weight excluding hydrogens is 315 g/mol. The van der Waals surface area contributed by atoms with Crippen LogP contribution in [0.25, 0.3) is 0 Å². The van der Waals surface area contributed by atoms with Crippen molar-refractivity contribution in [3.63, 3.8) is 0 Å². The predicted molar refractivity (Wildman–Crippen MR) is 19.8 cm³/mol. The second kappa shape index (κ2) is 1.97. The van der Waals surface area contributed by atoms with Crippen LogP contribution in [-0.2, 0) is 12.6 Å². The van der Waals surface area contributed by atoms with Crippen LogP contribution >= 0.6 is 28.8 Å². The first-order chi connectivity index (χ1) is 2.00. The van der Waals surface area contributed by atoms with E-state index in [4.69, 9.17) is 32.6 Å². The Morgan fingerprint density at radius 2 is 1.20 bits per heavy atom. The summed E-state index contributed by atoms with van der Waals surface area (Å²) in [7, 11) is 14.4. The summed E-state index contributed by atoms with van der Waals surface area (Å²) in [5, 5.41) is 0. The van der Waals surface area contributed by atoms with E-state index >= 15 is 0 Å². The molecule has 0 aliphatic carbocycles. The van der Waals surface area contributed by atoms with Crippen LogP contribution in [0.15, 0.2) is 0 Å². The maximum absolute atomic E-state index is 8.00. The van der Waals surface area contributed by atoms with E-state index in [1.807, 2.05) is 0 Å². The summed E-state index contributed by atoms with van der Waals surface area (Å²) in [6.07, 6.45) is 0. The molecule has 0 aliphatic heterocycles. The van der Waals surface area contributed by atoms with Gasteiger partial charge in [-0.05, 0) is 0 Å². The fraction of sp³-hybridized carbons (Fsp3) is 0. The zero-order valence-corrected chi connectivity index (χ0v) is 6.58. The molecule has 0 spiro atoms. The van der Waals surface area contributed by atoms with Gasteiger partial charge in [-0.15, -0.1) is 0 Å². The molecule has 0 aliphatic rings. The first kappa shape index (κ1) is 6.48. The van der Waals surface area contributed by atoms with Crippen molar-refractivity contribution >= 4 is 28.8 Å². The first-order valence-electron chi connectivity index (χ1n) is 0.527. The van der Waals surface area contributed by atoms with Gasteiger partial charge in [-0.3, -0.25) is 0 Å². The van der Waals surface area contributed by atoms with Gasteiger partial charge in [0.05, 0.1) is 0 Å². The summed E-state index contributed by atoms with van der Waals surface area (Å²) in [4.78, 5) is 0. The molecule has 0 amide bonds. The Morgan fingerprint density at radius 3 is 1.20 bits per heavy atom. The van der Waals surface area contributed by atoms with E-state index in [0.29, 0.717) is 0 Å². The summed E-state index contributed by atoms with van der Waals surface area (Å²) in [5.41, 5.74) is 0. The summed E-state index contributed by atoms with van der Waals surface area (Å²) < 4.78 is 8.00. The number of rotatable bonds is 0. The van der Waals surface area contributed by atoms with Crippen LogP contribution in [-0.4, -0.2) is 3.86 Å². The van der Waals surface area contributed by atoms with Crippen LogP contribution < -0.4 is 0 Å². The first-order valence-corrected chi connectivity index (χ1v) is 10.5. The van der Waals surface area contributed by atoms with Gasteiger partial charge >= 0.3 is 45.2 Å². The van der Waals surface area contributed by atoms with Crippen LogP contribution in [0.3, 0.4) is 0 Å². The van der Waals surface area contributed by atoms with E-state index in [9.17, 15) is 0 Å². The third kappa shape index (κ3) is 30.3. The Hall–Kier alpha value is 1.48. The maximum atomic E-state index is 8.00. The molecule has 0 heterocycles. The van der Waals surface area contributed by atoms with Gasteiger partial charge in [0.1, 0.15) is 0 Å². The van der Waals surface area contributed by atoms with E-state index in [0.717, 1.165) is 0 Å². The van der Waals surface area contributed by atoms with Gasteiger partial charge < -0.3 is 0 Å². The van der Waals surface area contributed by atoms with E-state index < -0.39 is 12.6 Å². The molecule has 5 heteroatoms. The van der Waals surface area contributed by atoms with E-state index in [-0.39, 0.29) is 0 Å². The minimum absolute atomic E-state index is 3.58. The van der Waals surface area contributed by atoms with Crippen molar-refractivity contribution in [1.82, 2.24) is 0 Å². The molecule has 0 aromatic carbocycles. The van der Waals surface area contributed by atoms with Crippen molar-refractivity contribution < 1.29 is 16.5 Å². The van der Waals surface area contributed by atoms with Crippen molar-refractivity contribution in [1.29, 1.82) is 0 Å². The number of hydrogen-bond donors (Lipinski definition) is 1. The summed E-state index contributed by atoms with van der Waals surface area (Å²) in [6, 6.07) is 0. The topological polar surface area (TPSA) is 20.2 Å². The zero-order chi connectivity index (χ0) is 4.50. The van der Waals surface area contributed by atoms with Crippen LogP contribution in [0.4, 0.5) is 0 Å². The van der Waals surface area contributed by atoms with Gasteiger partial charge in [0.25, 0.3) is 0 Å². The van der Waals surface area contributed by atoms with Gasteiger partial charge in [0, 0.05) is 0 Å². The fourth-order valence-electron chi connectivity index (χ4n) is 0. The molecule has 0 bridgehead atoms. The van der Waals surface area contributed by atoms with Crippen LogP contribution in [0.2, 0.25) is 0 Å². The Kier molecular flexibility index (Phi) is 2.55. The van der Waals surface area contributed by atoms with Gasteiger partial charge in [0.15, 0.2) is 0 Å². The summed E-state index contributed by atoms with van der Waals surface area (Å²) in [6.45, 7) is 0. The van der Waals surface area contributed by atoms with Crippen molar-refractivity contribution in [3.8, 4) is 0 Å². The van der Waals surface area contributed by atoms with Crippen LogP contribution in [0.5, 0.6) is 0 Å². The predicted octanol–water partition coefficient (Wildman–Crippen LogP) is 1.51. The number of halogens is 3. The average molecular weight is 316 g/mol. The standard InChI is InChI=1S/3ClH.Ir.H2O/h3*1H;;1H2/q;;;+4;/p-4. The van der Waals surface area contributed by atoms with Crippen molar-refractivity contribution in [3.05, 3.63) is 0 Å². The van der Waals surface area contributed by atoms with E-state index in [1.165, 1.54) is 0 Å². The third-order valence-electron chi connectivity index (χ3n) is 0. The Morgan fingerprint density at radius 1 is 1.20 bits per heavy atom. The monoisotopic (exact) mass is 315 g/mol. The Balaban J connectivity index is 3.02. The average Bonchev–Trinajstić information content (AvgIpc) is 0.722. The molecule has 0 radical (unpaired) electrons. The molecule has 0 saturated carbocycles. The van der Waals surface area contributed by atoms with Gasteiger partial charge in [-0.2, -0.15) is 0 Å². The third-order valence-corrected chi connectivity index (χ3v) is 0. The van der Waals surface area contributed by atoms with Gasteiger partial charge in [-0.25, -0.2) is 0 Å².